The average molecular weight is 344 g/mol. The molecule has 0 bridgehead atoms. The highest BCUT2D eigenvalue weighted by Crippen LogP contribution is 2.28. The van der Waals surface area contributed by atoms with Crippen LogP contribution >= 0.6 is 35.1 Å². The third-order valence-electron chi connectivity index (χ3n) is 3.50. The molecule has 21 heavy (non-hydrogen) atoms. The van der Waals surface area contributed by atoms with Gasteiger partial charge in [-0.3, -0.25) is 4.79 Å². The standard InChI is InChI=1S/C16H22ClNOS2/c17-14-7-5-13(6-8-14)11-20-12-16(19)18-9-10-21-15-3-1-2-4-15/h5-8,15H,1-4,9-12H2,(H,18,19). The Hall–Kier alpha value is -0.320. The van der Waals surface area contributed by atoms with Gasteiger partial charge < -0.3 is 5.32 Å². The Kier molecular flexibility index (Phi) is 7.83. The largest absolute Gasteiger partial charge is 0.355 e. The van der Waals surface area contributed by atoms with Gasteiger partial charge in [-0.2, -0.15) is 11.8 Å². The predicted molar refractivity (Wildman–Crippen MR) is 95.3 cm³/mol. The molecule has 1 aromatic carbocycles. The molecule has 0 radical (unpaired) electrons. The molecule has 116 valence electrons. The van der Waals surface area contributed by atoms with E-state index in [2.05, 4.69) is 5.32 Å². The number of hydrogen-bond acceptors (Lipinski definition) is 3. The van der Waals surface area contributed by atoms with Crippen molar-refractivity contribution in [1.82, 2.24) is 5.32 Å². The number of thioether (sulfide) groups is 2. The summed E-state index contributed by atoms with van der Waals surface area (Å²) in [5.41, 5.74) is 1.20. The van der Waals surface area contributed by atoms with E-state index in [-0.39, 0.29) is 5.91 Å². The van der Waals surface area contributed by atoms with Crippen LogP contribution in [0.1, 0.15) is 31.2 Å². The van der Waals surface area contributed by atoms with Crippen molar-refractivity contribution in [1.29, 1.82) is 0 Å². The van der Waals surface area contributed by atoms with Gasteiger partial charge in [-0.1, -0.05) is 36.6 Å². The summed E-state index contributed by atoms with van der Waals surface area (Å²) < 4.78 is 0. The smallest absolute Gasteiger partial charge is 0.230 e. The molecule has 2 nitrogen and oxygen atoms in total. The van der Waals surface area contributed by atoms with E-state index in [1.165, 1.54) is 31.2 Å². The van der Waals surface area contributed by atoms with Crippen LogP contribution in [0.25, 0.3) is 0 Å². The lowest BCUT2D eigenvalue weighted by molar-refractivity contribution is -0.118. The van der Waals surface area contributed by atoms with Gasteiger partial charge >= 0.3 is 0 Å². The molecule has 0 aromatic heterocycles. The molecule has 2 rings (SSSR count). The second kappa shape index (κ2) is 9.65. The summed E-state index contributed by atoms with van der Waals surface area (Å²) in [5, 5.41) is 4.59. The number of carbonyl (C=O) groups excluding carboxylic acids is 1. The lowest BCUT2D eigenvalue weighted by Crippen LogP contribution is -2.27. The first-order chi connectivity index (χ1) is 10.2. The average Bonchev–Trinajstić information content (AvgIpc) is 2.99. The Morgan fingerprint density at radius 3 is 2.67 bits per heavy atom. The molecule has 1 fully saturated rings. The molecule has 0 atom stereocenters. The number of hydrogen-bond donors (Lipinski definition) is 1. The number of nitrogens with one attached hydrogen (secondary N) is 1. The van der Waals surface area contributed by atoms with E-state index in [9.17, 15) is 4.79 Å². The van der Waals surface area contributed by atoms with Crippen molar-refractivity contribution in [3.05, 3.63) is 34.9 Å². The van der Waals surface area contributed by atoms with Crippen molar-refractivity contribution in [2.75, 3.05) is 18.1 Å². The van der Waals surface area contributed by atoms with E-state index in [1.807, 2.05) is 36.0 Å². The van der Waals surface area contributed by atoms with E-state index < -0.39 is 0 Å². The molecule has 1 aliphatic carbocycles. The van der Waals surface area contributed by atoms with Crippen LogP contribution in [0.15, 0.2) is 24.3 Å². The van der Waals surface area contributed by atoms with Gasteiger partial charge in [-0.15, -0.1) is 11.8 Å². The Morgan fingerprint density at radius 1 is 1.24 bits per heavy atom. The van der Waals surface area contributed by atoms with Crippen LogP contribution in [-0.4, -0.2) is 29.2 Å². The minimum absolute atomic E-state index is 0.140. The summed E-state index contributed by atoms with van der Waals surface area (Å²) in [7, 11) is 0. The number of halogens is 1. The normalized spacial score (nSPS) is 15.3. The number of rotatable bonds is 8. The quantitative estimate of drug-likeness (QED) is 0.711. The van der Waals surface area contributed by atoms with Crippen LogP contribution in [0, 0.1) is 0 Å². The Morgan fingerprint density at radius 2 is 1.95 bits per heavy atom. The third-order valence-corrected chi connectivity index (χ3v) is 6.13. The highest BCUT2D eigenvalue weighted by Gasteiger charge is 2.14. The zero-order valence-electron chi connectivity index (χ0n) is 12.1. The summed E-state index contributed by atoms with van der Waals surface area (Å²) in [6.45, 7) is 0.793. The molecule has 0 spiro atoms. The summed E-state index contributed by atoms with van der Waals surface area (Å²) in [6.07, 6.45) is 5.47. The van der Waals surface area contributed by atoms with Crippen molar-refractivity contribution in [3.63, 3.8) is 0 Å². The summed E-state index contributed by atoms with van der Waals surface area (Å²) in [6, 6.07) is 7.78. The van der Waals surface area contributed by atoms with Crippen molar-refractivity contribution in [2.24, 2.45) is 0 Å². The summed E-state index contributed by atoms with van der Waals surface area (Å²) in [5.74, 6) is 2.55. The summed E-state index contributed by atoms with van der Waals surface area (Å²) >= 11 is 9.50. The van der Waals surface area contributed by atoms with Crippen LogP contribution in [0.5, 0.6) is 0 Å². The first-order valence-electron chi connectivity index (χ1n) is 7.44. The second-order valence-electron chi connectivity index (χ2n) is 5.25. The maximum absolute atomic E-state index is 11.7. The van der Waals surface area contributed by atoms with Gasteiger partial charge in [0.15, 0.2) is 0 Å². The van der Waals surface area contributed by atoms with Crippen LogP contribution in [0.3, 0.4) is 0 Å². The van der Waals surface area contributed by atoms with Gasteiger partial charge in [-0.25, -0.2) is 0 Å². The van der Waals surface area contributed by atoms with Gasteiger partial charge in [0.25, 0.3) is 0 Å². The van der Waals surface area contributed by atoms with Crippen molar-refractivity contribution >= 4 is 41.0 Å². The molecule has 0 aliphatic heterocycles. The Balaban J connectivity index is 1.50. The second-order valence-corrected chi connectivity index (χ2v) is 8.08. The minimum Gasteiger partial charge on any atom is -0.355 e. The molecule has 0 saturated heterocycles. The van der Waals surface area contributed by atoms with Gasteiger partial charge in [-0.05, 0) is 30.5 Å². The van der Waals surface area contributed by atoms with E-state index in [1.54, 1.807) is 11.8 Å². The molecule has 0 heterocycles. The van der Waals surface area contributed by atoms with Crippen LogP contribution in [0.2, 0.25) is 5.02 Å². The van der Waals surface area contributed by atoms with Crippen LogP contribution < -0.4 is 5.32 Å². The zero-order chi connectivity index (χ0) is 14.9. The fraction of sp³-hybridized carbons (Fsp3) is 0.562. The molecular formula is C16H22ClNOS2. The van der Waals surface area contributed by atoms with Gasteiger partial charge in [0.05, 0.1) is 5.75 Å². The maximum Gasteiger partial charge on any atom is 0.230 e. The topological polar surface area (TPSA) is 29.1 Å². The van der Waals surface area contributed by atoms with Crippen molar-refractivity contribution in [3.8, 4) is 0 Å². The van der Waals surface area contributed by atoms with Crippen LogP contribution in [0.4, 0.5) is 0 Å². The van der Waals surface area contributed by atoms with Gasteiger partial charge in [0, 0.05) is 28.3 Å². The fourth-order valence-corrected chi connectivity index (χ4v) is 4.53. The lowest BCUT2D eigenvalue weighted by Gasteiger charge is -2.09. The molecule has 1 saturated carbocycles. The third kappa shape index (κ3) is 6.98. The fourth-order valence-electron chi connectivity index (χ4n) is 2.36. The Bertz CT molecular complexity index is 432. The molecule has 0 unspecified atom stereocenters. The number of carbonyl (C=O) groups is 1. The first-order valence-corrected chi connectivity index (χ1v) is 10.0. The zero-order valence-corrected chi connectivity index (χ0v) is 14.5. The summed E-state index contributed by atoms with van der Waals surface area (Å²) in [4.78, 5) is 11.7. The van der Waals surface area contributed by atoms with E-state index in [0.717, 1.165) is 28.3 Å². The Labute approximate surface area is 140 Å². The highest BCUT2D eigenvalue weighted by atomic mass is 35.5. The van der Waals surface area contributed by atoms with Gasteiger partial charge in [0.2, 0.25) is 5.91 Å². The van der Waals surface area contributed by atoms with Crippen molar-refractivity contribution < 1.29 is 4.79 Å². The molecular weight excluding hydrogens is 322 g/mol. The molecule has 5 heteroatoms. The molecule has 1 aliphatic rings. The minimum atomic E-state index is 0.140. The predicted octanol–water partition coefficient (Wildman–Crippen LogP) is 4.37. The maximum atomic E-state index is 11.7. The lowest BCUT2D eigenvalue weighted by atomic mass is 10.2. The SMILES string of the molecule is O=C(CSCc1ccc(Cl)cc1)NCCSC1CCCC1. The van der Waals surface area contributed by atoms with E-state index >= 15 is 0 Å². The van der Waals surface area contributed by atoms with Crippen molar-refractivity contribution in [2.45, 2.75) is 36.7 Å². The monoisotopic (exact) mass is 343 g/mol. The van der Waals surface area contributed by atoms with Gasteiger partial charge in [0.1, 0.15) is 0 Å². The molecule has 1 N–H and O–H groups in total. The first kappa shape index (κ1) is 17.0. The van der Waals surface area contributed by atoms with E-state index in [0.29, 0.717) is 5.75 Å². The van der Waals surface area contributed by atoms with E-state index in [4.69, 9.17) is 11.6 Å². The van der Waals surface area contributed by atoms with Crippen LogP contribution in [-0.2, 0) is 10.5 Å². The molecule has 1 amide bonds. The number of amides is 1. The molecule has 1 aromatic rings. The number of benzene rings is 1. The highest BCUT2D eigenvalue weighted by molar-refractivity contribution is 8.00.